The highest BCUT2D eigenvalue weighted by atomic mass is 16.6. The lowest BCUT2D eigenvalue weighted by Gasteiger charge is -2.08. The maximum Gasteiger partial charge on any atom is 0.407 e. The van der Waals surface area contributed by atoms with E-state index < -0.39 is 0 Å². The van der Waals surface area contributed by atoms with Gasteiger partial charge in [0.25, 0.3) is 0 Å². The van der Waals surface area contributed by atoms with Gasteiger partial charge in [-0.05, 0) is 25.7 Å². The van der Waals surface area contributed by atoms with E-state index in [9.17, 15) is 9.59 Å². The zero-order chi connectivity index (χ0) is 34.9. The van der Waals surface area contributed by atoms with Crippen molar-refractivity contribution >= 4 is 12.2 Å². The predicted octanol–water partition coefficient (Wildman–Crippen LogP) is 13.7. The summed E-state index contributed by atoms with van der Waals surface area (Å²) < 4.78 is 10.6. The van der Waals surface area contributed by atoms with Crippen LogP contribution in [0, 0.1) is 0 Å². The number of hydrogen-bond donors (Lipinski definition) is 2. The van der Waals surface area contributed by atoms with E-state index in [1.807, 2.05) is 0 Å². The fourth-order valence-electron chi connectivity index (χ4n) is 6.36. The third kappa shape index (κ3) is 40.7. The molecule has 6 heteroatoms. The van der Waals surface area contributed by atoms with E-state index >= 15 is 0 Å². The molecule has 0 aromatic heterocycles. The van der Waals surface area contributed by atoms with Crippen LogP contribution in [0.1, 0.15) is 232 Å². The number of rotatable bonds is 39. The van der Waals surface area contributed by atoms with Crippen LogP contribution < -0.4 is 10.6 Å². The number of carbonyl (C=O) groups excluding carboxylic acids is 2. The van der Waals surface area contributed by atoms with Crippen LogP contribution >= 0.6 is 0 Å². The molecule has 48 heavy (non-hydrogen) atoms. The topological polar surface area (TPSA) is 76.7 Å². The Labute approximate surface area is 299 Å². The number of unbranched alkanes of at least 4 members (excludes halogenated alkanes) is 31. The van der Waals surface area contributed by atoms with Crippen molar-refractivity contribution in [1.82, 2.24) is 10.6 Å². The Hall–Kier alpha value is -1.46. The number of nitrogens with one attached hydrogen (secondary N) is 2. The molecule has 0 aliphatic heterocycles. The van der Waals surface area contributed by atoms with Crippen LogP contribution in [-0.2, 0) is 9.47 Å². The molecule has 0 aliphatic rings. The monoisotopic (exact) mass is 681 g/mol. The van der Waals surface area contributed by atoms with Crippen LogP contribution in [0.5, 0.6) is 0 Å². The van der Waals surface area contributed by atoms with E-state index in [2.05, 4.69) is 24.5 Å². The highest BCUT2D eigenvalue weighted by Crippen LogP contribution is 2.15. The van der Waals surface area contributed by atoms with E-state index in [1.165, 1.54) is 167 Å². The minimum absolute atomic E-state index is 0.293. The number of amides is 2. The first kappa shape index (κ1) is 46.5. The number of alkyl carbamates (subject to hydrolysis) is 2. The number of ether oxygens (including phenoxy) is 2. The lowest BCUT2D eigenvalue weighted by Crippen LogP contribution is -2.26. The van der Waals surface area contributed by atoms with Crippen molar-refractivity contribution in [1.29, 1.82) is 0 Å². The Morgan fingerprint density at radius 1 is 0.312 bits per heavy atom. The van der Waals surface area contributed by atoms with Gasteiger partial charge in [-0.1, -0.05) is 206 Å². The summed E-state index contributed by atoms with van der Waals surface area (Å²) in [6.07, 6.45) is 43.4. The van der Waals surface area contributed by atoms with Crippen LogP contribution in [0.15, 0.2) is 0 Å². The molecule has 0 rings (SSSR count). The Morgan fingerprint density at radius 3 is 0.771 bits per heavy atom. The van der Waals surface area contributed by atoms with Crippen LogP contribution in [0.4, 0.5) is 9.59 Å². The van der Waals surface area contributed by atoms with Gasteiger partial charge in [-0.15, -0.1) is 0 Å². The van der Waals surface area contributed by atoms with Crippen molar-refractivity contribution in [3.05, 3.63) is 0 Å². The molecule has 0 saturated heterocycles. The maximum atomic E-state index is 11.9. The molecule has 0 atom stereocenters. The van der Waals surface area contributed by atoms with Gasteiger partial charge in [-0.3, -0.25) is 0 Å². The quantitative estimate of drug-likeness (QED) is 0.0634. The largest absolute Gasteiger partial charge is 0.450 e. The molecule has 0 saturated carbocycles. The van der Waals surface area contributed by atoms with Crippen molar-refractivity contribution in [3.63, 3.8) is 0 Å². The van der Waals surface area contributed by atoms with E-state index in [0.717, 1.165) is 51.4 Å². The van der Waals surface area contributed by atoms with E-state index in [0.29, 0.717) is 26.3 Å². The average Bonchev–Trinajstić information content (AvgIpc) is 3.09. The summed E-state index contributed by atoms with van der Waals surface area (Å²) in [5, 5.41) is 5.71. The van der Waals surface area contributed by atoms with Crippen LogP contribution in [0.2, 0.25) is 0 Å². The zero-order valence-corrected chi connectivity index (χ0v) is 32.5. The van der Waals surface area contributed by atoms with Gasteiger partial charge in [0, 0.05) is 13.1 Å². The molecule has 0 aromatic rings. The molecular weight excluding hydrogens is 596 g/mol. The average molecular weight is 681 g/mol. The Bertz CT molecular complexity index is 591. The lowest BCUT2D eigenvalue weighted by molar-refractivity contribution is 0.142. The maximum absolute atomic E-state index is 11.9. The molecule has 0 unspecified atom stereocenters. The van der Waals surface area contributed by atoms with Crippen molar-refractivity contribution in [2.24, 2.45) is 0 Å². The van der Waals surface area contributed by atoms with Crippen molar-refractivity contribution in [2.45, 2.75) is 232 Å². The summed E-state index contributed by atoms with van der Waals surface area (Å²) in [5.41, 5.74) is 0. The summed E-state index contributed by atoms with van der Waals surface area (Å²) in [4.78, 5) is 23.7. The smallest absolute Gasteiger partial charge is 0.407 e. The Balaban J connectivity index is 3.24. The molecule has 0 bridgehead atoms. The lowest BCUT2D eigenvalue weighted by atomic mass is 10.0. The third-order valence-corrected chi connectivity index (χ3v) is 9.60. The van der Waals surface area contributed by atoms with Gasteiger partial charge < -0.3 is 20.1 Å². The van der Waals surface area contributed by atoms with Gasteiger partial charge in [-0.25, -0.2) is 9.59 Å². The Morgan fingerprint density at radius 2 is 0.521 bits per heavy atom. The van der Waals surface area contributed by atoms with E-state index in [-0.39, 0.29) is 12.2 Å². The minimum Gasteiger partial charge on any atom is -0.450 e. The van der Waals surface area contributed by atoms with Crippen LogP contribution in [0.3, 0.4) is 0 Å². The fraction of sp³-hybridized carbons (Fsp3) is 0.952. The van der Waals surface area contributed by atoms with E-state index in [4.69, 9.17) is 9.47 Å². The predicted molar refractivity (Wildman–Crippen MR) is 207 cm³/mol. The highest BCUT2D eigenvalue weighted by molar-refractivity contribution is 5.67. The van der Waals surface area contributed by atoms with Gasteiger partial charge in [0.1, 0.15) is 0 Å². The molecule has 2 amide bonds. The van der Waals surface area contributed by atoms with Gasteiger partial charge in [0.2, 0.25) is 0 Å². The molecule has 6 nitrogen and oxygen atoms in total. The fourth-order valence-corrected chi connectivity index (χ4v) is 6.36. The SMILES string of the molecule is CCCCCCCCCCCCCCCCCOC(=O)NCCCCCCNC(=O)OCCCCCCCCCCCCCCCCC. The minimum atomic E-state index is -0.293. The summed E-state index contributed by atoms with van der Waals surface area (Å²) in [6.45, 7) is 6.89. The van der Waals surface area contributed by atoms with Gasteiger partial charge in [0.15, 0.2) is 0 Å². The summed E-state index contributed by atoms with van der Waals surface area (Å²) in [7, 11) is 0. The standard InChI is InChI=1S/C42H84N2O4/c1-3-5-7-9-11-13-15-17-19-21-23-25-27-31-35-39-47-41(45)43-37-33-29-30-34-38-44-42(46)48-40-36-32-28-26-24-22-20-18-16-14-12-10-8-6-4-2/h3-40H2,1-2H3,(H,43,45)(H,44,46). The number of hydrogen-bond acceptors (Lipinski definition) is 4. The first-order chi connectivity index (χ1) is 23.7. The second-order valence-corrected chi connectivity index (χ2v) is 14.4. The molecule has 0 fully saturated rings. The molecule has 0 heterocycles. The second kappa shape index (κ2) is 41.7. The zero-order valence-electron chi connectivity index (χ0n) is 32.5. The van der Waals surface area contributed by atoms with Crippen molar-refractivity contribution in [2.75, 3.05) is 26.3 Å². The first-order valence-electron chi connectivity index (χ1n) is 21.5. The first-order valence-corrected chi connectivity index (χ1v) is 21.5. The molecule has 0 spiro atoms. The van der Waals surface area contributed by atoms with Gasteiger partial charge >= 0.3 is 12.2 Å². The Kier molecular flexibility index (Phi) is 40.4. The summed E-state index contributed by atoms with van der Waals surface area (Å²) in [6, 6.07) is 0. The third-order valence-electron chi connectivity index (χ3n) is 9.60. The van der Waals surface area contributed by atoms with Gasteiger partial charge in [0.05, 0.1) is 13.2 Å². The molecule has 2 N–H and O–H groups in total. The van der Waals surface area contributed by atoms with Crippen molar-refractivity contribution in [3.8, 4) is 0 Å². The van der Waals surface area contributed by atoms with E-state index in [1.54, 1.807) is 0 Å². The molecule has 286 valence electrons. The molecule has 0 radical (unpaired) electrons. The summed E-state index contributed by atoms with van der Waals surface area (Å²) in [5.74, 6) is 0. The van der Waals surface area contributed by atoms with Crippen LogP contribution in [-0.4, -0.2) is 38.5 Å². The molecular formula is C42H84N2O4. The highest BCUT2D eigenvalue weighted by Gasteiger charge is 2.03. The summed E-state index contributed by atoms with van der Waals surface area (Å²) >= 11 is 0. The number of carbonyl (C=O) groups is 2. The molecule has 0 aromatic carbocycles. The second-order valence-electron chi connectivity index (χ2n) is 14.4. The van der Waals surface area contributed by atoms with Gasteiger partial charge in [-0.2, -0.15) is 0 Å². The molecule has 0 aliphatic carbocycles. The normalized spacial score (nSPS) is 11.1. The van der Waals surface area contributed by atoms with Crippen molar-refractivity contribution < 1.29 is 19.1 Å². The van der Waals surface area contributed by atoms with Crippen LogP contribution in [0.25, 0.3) is 0 Å².